The van der Waals surface area contributed by atoms with E-state index in [0.29, 0.717) is 6.04 Å². The van der Waals surface area contributed by atoms with Crippen molar-refractivity contribution in [3.8, 4) is 0 Å². The highest BCUT2D eigenvalue weighted by molar-refractivity contribution is 5.75. The van der Waals surface area contributed by atoms with Gasteiger partial charge in [0, 0.05) is 12.6 Å². The normalized spacial score (nSPS) is 23.9. The van der Waals surface area contributed by atoms with Crippen molar-refractivity contribution in [2.24, 2.45) is 5.41 Å². The largest absolute Gasteiger partial charge is 0.367 e. The third kappa shape index (κ3) is 2.71. The predicted molar refractivity (Wildman–Crippen MR) is 55.6 cm³/mol. The SMILES string of the molecule is CC[C@@H]1CCCN1OC(=O)C(C)(C)C. The Bertz CT molecular complexity index is 208. The highest BCUT2D eigenvalue weighted by atomic mass is 16.7. The van der Waals surface area contributed by atoms with Crippen LogP contribution in [0, 0.1) is 5.41 Å². The van der Waals surface area contributed by atoms with Crippen molar-refractivity contribution in [1.82, 2.24) is 5.06 Å². The van der Waals surface area contributed by atoms with Crippen LogP contribution in [0.1, 0.15) is 47.0 Å². The van der Waals surface area contributed by atoms with Crippen LogP contribution in [0.4, 0.5) is 0 Å². The molecule has 0 spiro atoms. The third-order valence-corrected chi connectivity index (χ3v) is 2.61. The summed E-state index contributed by atoms with van der Waals surface area (Å²) in [7, 11) is 0. The zero-order valence-corrected chi connectivity index (χ0v) is 9.67. The molecule has 0 radical (unpaired) electrons. The molecule has 3 nitrogen and oxygen atoms in total. The molecule has 0 bridgehead atoms. The second kappa shape index (κ2) is 4.30. The maximum atomic E-state index is 11.6. The first-order chi connectivity index (χ1) is 6.45. The molecule has 1 heterocycles. The van der Waals surface area contributed by atoms with Gasteiger partial charge in [-0.1, -0.05) is 6.92 Å². The van der Waals surface area contributed by atoms with Crippen molar-refractivity contribution in [1.29, 1.82) is 0 Å². The number of hydrogen-bond acceptors (Lipinski definition) is 3. The molecule has 0 aromatic carbocycles. The van der Waals surface area contributed by atoms with Crippen LogP contribution in [0.15, 0.2) is 0 Å². The van der Waals surface area contributed by atoms with Crippen molar-refractivity contribution in [2.45, 2.75) is 53.0 Å². The van der Waals surface area contributed by atoms with E-state index < -0.39 is 5.41 Å². The molecule has 3 heteroatoms. The minimum absolute atomic E-state index is 0.127. The molecule has 1 rings (SSSR count). The van der Waals surface area contributed by atoms with E-state index in [2.05, 4.69) is 6.92 Å². The van der Waals surface area contributed by atoms with Crippen LogP contribution in [-0.2, 0) is 9.63 Å². The maximum absolute atomic E-state index is 11.6. The number of hydrogen-bond donors (Lipinski definition) is 0. The van der Waals surface area contributed by atoms with E-state index in [1.165, 1.54) is 0 Å². The first-order valence-corrected chi connectivity index (χ1v) is 5.44. The lowest BCUT2D eigenvalue weighted by atomic mass is 9.98. The van der Waals surface area contributed by atoms with E-state index in [0.717, 1.165) is 25.8 Å². The van der Waals surface area contributed by atoms with Crippen LogP contribution < -0.4 is 0 Å². The Labute approximate surface area is 86.4 Å². The van der Waals surface area contributed by atoms with Crippen molar-refractivity contribution in [3.05, 3.63) is 0 Å². The Morgan fingerprint density at radius 2 is 2.14 bits per heavy atom. The molecule has 0 aromatic heterocycles. The number of nitrogens with zero attached hydrogens (tertiary/aromatic N) is 1. The molecule has 0 aromatic rings. The fourth-order valence-electron chi connectivity index (χ4n) is 1.58. The molecule has 1 aliphatic rings. The summed E-state index contributed by atoms with van der Waals surface area (Å²) >= 11 is 0. The summed E-state index contributed by atoms with van der Waals surface area (Å²) in [6.45, 7) is 8.67. The van der Waals surface area contributed by atoms with Gasteiger partial charge in [0.15, 0.2) is 0 Å². The summed E-state index contributed by atoms with van der Waals surface area (Å²) in [5.41, 5.74) is -0.402. The molecule has 0 unspecified atom stereocenters. The fraction of sp³-hybridized carbons (Fsp3) is 0.909. The molecule has 1 fully saturated rings. The minimum Gasteiger partial charge on any atom is -0.367 e. The topological polar surface area (TPSA) is 29.5 Å². The average Bonchev–Trinajstić information content (AvgIpc) is 2.50. The van der Waals surface area contributed by atoms with Crippen molar-refractivity contribution in [2.75, 3.05) is 6.54 Å². The van der Waals surface area contributed by atoms with Crippen molar-refractivity contribution in [3.63, 3.8) is 0 Å². The molecule has 1 aliphatic heterocycles. The van der Waals surface area contributed by atoms with Crippen LogP contribution in [0.5, 0.6) is 0 Å². The van der Waals surface area contributed by atoms with E-state index >= 15 is 0 Å². The molecule has 0 amide bonds. The lowest BCUT2D eigenvalue weighted by molar-refractivity contribution is -0.204. The quantitative estimate of drug-likeness (QED) is 0.683. The van der Waals surface area contributed by atoms with Gasteiger partial charge in [-0.25, -0.2) is 4.79 Å². The maximum Gasteiger partial charge on any atom is 0.330 e. The van der Waals surface area contributed by atoms with Gasteiger partial charge in [0.25, 0.3) is 0 Å². The highest BCUT2D eigenvalue weighted by Gasteiger charge is 2.31. The Hall–Kier alpha value is -0.570. The molecule has 0 aliphatic carbocycles. The average molecular weight is 199 g/mol. The van der Waals surface area contributed by atoms with Gasteiger partial charge in [-0.2, -0.15) is 0 Å². The Kier molecular flexibility index (Phi) is 3.53. The molecule has 0 N–H and O–H groups in total. The van der Waals surface area contributed by atoms with Gasteiger partial charge in [-0.15, -0.1) is 5.06 Å². The van der Waals surface area contributed by atoms with Gasteiger partial charge in [0.1, 0.15) is 0 Å². The van der Waals surface area contributed by atoms with Crippen LogP contribution in [0.2, 0.25) is 0 Å². The lowest BCUT2D eigenvalue weighted by Crippen LogP contribution is -2.36. The summed E-state index contributed by atoms with van der Waals surface area (Å²) in [4.78, 5) is 17.0. The number of rotatable bonds is 2. The second-order valence-corrected chi connectivity index (χ2v) is 4.97. The standard InChI is InChI=1S/C11H21NO2/c1-5-9-7-6-8-12(9)14-10(13)11(2,3)4/h9H,5-8H2,1-4H3/t9-/m1/s1. The molecule has 1 atom stereocenters. The Morgan fingerprint density at radius 3 is 2.64 bits per heavy atom. The predicted octanol–water partition coefficient (Wildman–Crippen LogP) is 2.37. The summed E-state index contributed by atoms with van der Waals surface area (Å²) in [6.07, 6.45) is 3.33. The molecular weight excluding hydrogens is 178 g/mol. The summed E-state index contributed by atoms with van der Waals surface area (Å²) in [5, 5.41) is 1.85. The highest BCUT2D eigenvalue weighted by Crippen LogP contribution is 2.23. The molecular formula is C11H21NO2. The van der Waals surface area contributed by atoms with Gasteiger partial charge >= 0.3 is 5.97 Å². The van der Waals surface area contributed by atoms with Crippen LogP contribution in [-0.4, -0.2) is 23.6 Å². The van der Waals surface area contributed by atoms with E-state index in [-0.39, 0.29) is 5.97 Å². The van der Waals surface area contributed by atoms with Crippen LogP contribution in [0.3, 0.4) is 0 Å². The minimum atomic E-state index is -0.402. The lowest BCUT2D eigenvalue weighted by Gasteiger charge is -2.25. The van der Waals surface area contributed by atoms with E-state index in [1.807, 2.05) is 25.8 Å². The Balaban J connectivity index is 2.48. The summed E-state index contributed by atoms with van der Waals surface area (Å²) < 4.78 is 0. The van der Waals surface area contributed by atoms with Gasteiger partial charge in [-0.05, 0) is 40.0 Å². The van der Waals surface area contributed by atoms with Crippen molar-refractivity contribution < 1.29 is 9.63 Å². The van der Waals surface area contributed by atoms with E-state index in [4.69, 9.17) is 4.84 Å². The van der Waals surface area contributed by atoms with Gasteiger partial charge < -0.3 is 4.84 Å². The summed E-state index contributed by atoms with van der Waals surface area (Å²) in [5.74, 6) is -0.127. The number of carbonyl (C=O) groups excluding carboxylic acids is 1. The number of carbonyl (C=O) groups is 1. The first-order valence-electron chi connectivity index (χ1n) is 5.44. The van der Waals surface area contributed by atoms with E-state index in [1.54, 1.807) is 0 Å². The van der Waals surface area contributed by atoms with Crippen LogP contribution in [0.25, 0.3) is 0 Å². The number of hydroxylamine groups is 2. The second-order valence-electron chi connectivity index (χ2n) is 4.97. The first kappa shape index (κ1) is 11.5. The van der Waals surface area contributed by atoms with Crippen molar-refractivity contribution >= 4 is 5.97 Å². The molecule has 82 valence electrons. The fourth-order valence-corrected chi connectivity index (χ4v) is 1.58. The zero-order valence-electron chi connectivity index (χ0n) is 9.67. The molecule has 1 saturated heterocycles. The monoisotopic (exact) mass is 199 g/mol. The smallest absolute Gasteiger partial charge is 0.330 e. The molecule has 14 heavy (non-hydrogen) atoms. The van der Waals surface area contributed by atoms with E-state index in [9.17, 15) is 4.79 Å². The third-order valence-electron chi connectivity index (χ3n) is 2.61. The Morgan fingerprint density at radius 1 is 1.50 bits per heavy atom. The summed E-state index contributed by atoms with van der Waals surface area (Å²) in [6, 6.07) is 0.432. The zero-order chi connectivity index (χ0) is 10.8. The van der Waals surface area contributed by atoms with Gasteiger partial charge in [-0.3, -0.25) is 0 Å². The van der Waals surface area contributed by atoms with Crippen LogP contribution >= 0.6 is 0 Å². The van der Waals surface area contributed by atoms with Gasteiger partial charge in [0.05, 0.1) is 5.41 Å². The van der Waals surface area contributed by atoms with Gasteiger partial charge in [0.2, 0.25) is 0 Å². The molecule has 0 saturated carbocycles.